The van der Waals surface area contributed by atoms with Crippen LogP contribution >= 0.6 is 0 Å². The molecule has 1 unspecified atom stereocenters. The number of rotatable bonds is 8. The largest absolute Gasteiger partial charge is 0.371 e. The summed E-state index contributed by atoms with van der Waals surface area (Å²) in [6.07, 6.45) is 3.73. The molecule has 4 nitrogen and oxygen atoms in total. The molecule has 0 saturated carbocycles. The fourth-order valence-electron chi connectivity index (χ4n) is 3.72. The van der Waals surface area contributed by atoms with Gasteiger partial charge in [0.05, 0.1) is 6.54 Å². The van der Waals surface area contributed by atoms with E-state index in [4.69, 9.17) is 7.85 Å². The van der Waals surface area contributed by atoms with E-state index in [1.54, 1.807) is 0 Å². The molecule has 1 aromatic rings. The fourth-order valence-corrected chi connectivity index (χ4v) is 3.72. The molecule has 1 aliphatic heterocycles. The summed E-state index contributed by atoms with van der Waals surface area (Å²) in [7, 11) is 6.05. The minimum atomic E-state index is -0.0793. The number of benzene rings is 1. The zero-order valence-electron chi connectivity index (χ0n) is 17.0. The lowest BCUT2D eigenvalue weighted by Gasteiger charge is -2.37. The van der Waals surface area contributed by atoms with Crippen molar-refractivity contribution in [1.82, 2.24) is 10.2 Å². The van der Waals surface area contributed by atoms with Gasteiger partial charge in [0.25, 0.3) is 0 Å². The molecular weight excluding hydrogens is 333 g/mol. The maximum absolute atomic E-state index is 11.1. The van der Waals surface area contributed by atoms with E-state index in [1.165, 1.54) is 26.2 Å². The van der Waals surface area contributed by atoms with Crippen molar-refractivity contribution in [1.29, 1.82) is 0 Å². The highest BCUT2D eigenvalue weighted by Crippen LogP contribution is 2.31. The Morgan fingerprint density at radius 1 is 1.37 bits per heavy atom. The Balaban J connectivity index is 2.13. The molecule has 1 heterocycles. The van der Waals surface area contributed by atoms with Gasteiger partial charge in [-0.15, -0.1) is 0 Å². The molecule has 1 aromatic carbocycles. The minimum absolute atomic E-state index is 0.0793. The molecule has 0 aromatic heterocycles. The Bertz CT molecular complexity index is 699. The van der Waals surface area contributed by atoms with Crippen molar-refractivity contribution < 1.29 is 4.79 Å². The van der Waals surface area contributed by atoms with Gasteiger partial charge < -0.3 is 15.5 Å². The minimum Gasteiger partial charge on any atom is -0.371 e. The van der Waals surface area contributed by atoms with Gasteiger partial charge in [-0.25, -0.2) is 0 Å². The third-order valence-corrected chi connectivity index (χ3v) is 4.92. The van der Waals surface area contributed by atoms with Gasteiger partial charge in [-0.1, -0.05) is 44.6 Å². The van der Waals surface area contributed by atoms with Crippen molar-refractivity contribution in [2.24, 2.45) is 11.8 Å². The van der Waals surface area contributed by atoms with Crippen LogP contribution in [-0.4, -0.2) is 38.3 Å². The van der Waals surface area contributed by atoms with Crippen molar-refractivity contribution in [2.75, 3.05) is 25.0 Å². The van der Waals surface area contributed by atoms with Gasteiger partial charge in [0.2, 0.25) is 5.91 Å². The summed E-state index contributed by atoms with van der Waals surface area (Å²) in [6, 6.07) is 5.77. The SMILES string of the molecule is [B]c1ccc(NC(=C)CNC(C)=O)c(C(=C)N2CCCC(CC(C)C)C2)c1. The lowest BCUT2D eigenvalue weighted by molar-refractivity contribution is -0.118. The number of nitrogens with zero attached hydrogens (tertiary/aromatic N) is 1. The maximum atomic E-state index is 11.1. The quantitative estimate of drug-likeness (QED) is 0.695. The van der Waals surface area contributed by atoms with E-state index in [0.717, 1.165) is 35.7 Å². The van der Waals surface area contributed by atoms with Crippen molar-refractivity contribution in [2.45, 2.75) is 40.0 Å². The first-order chi connectivity index (χ1) is 12.8. The third kappa shape index (κ3) is 6.49. The van der Waals surface area contributed by atoms with Gasteiger partial charge in [-0.2, -0.15) is 0 Å². The van der Waals surface area contributed by atoms with Gasteiger partial charge in [0.15, 0.2) is 0 Å². The lowest BCUT2D eigenvalue weighted by atomic mass is 9.88. The molecule has 1 fully saturated rings. The van der Waals surface area contributed by atoms with Crippen LogP contribution in [0, 0.1) is 11.8 Å². The van der Waals surface area contributed by atoms with Gasteiger partial charge in [-0.05, 0) is 37.2 Å². The van der Waals surface area contributed by atoms with Crippen LogP contribution in [0.3, 0.4) is 0 Å². The summed E-state index contributed by atoms with van der Waals surface area (Å²) < 4.78 is 0. The van der Waals surface area contributed by atoms with Crippen LogP contribution < -0.4 is 16.1 Å². The van der Waals surface area contributed by atoms with Gasteiger partial charge in [0.1, 0.15) is 7.85 Å². The molecule has 1 atom stereocenters. The smallest absolute Gasteiger partial charge is 0.217 e. The number of hydrogen-bond acceptors (Lipinski definition) is 3. The molecule has 0 aliphatic carbocycles. The number of amides is 1. The molecule has 5 heteroatoms. The van der Waals surface area contributed by atoms with Gasteiger partial charge >= 0.3 is 0 Å². The Morgan fingerprint density at radius 2 is 2.11 bits per heavy atom. The number of carbonyl (C=O) groups excluding carboxylic acids is 1. The number of hydrogen-bond donors (Lipinski definition) is 2. The first-order valence-electron chi connectivity index (χ1n) is 9.79. The average Bonchev–Trinajstić information content (AvgIpc) is 2.60. The number of nitrogens with one attached hydrogen (secondary N) is 2. The van der Waals surface area contributed by atoms with E-state index in [1.807, 2.05) is 18.2 Å². The van der Waals surface area contributed by atoms with Gasteiger partial charge in [-0.3, -0.25) is 4.79 Å². The molecule has 1 aliphatic rings. The van der Waals surface area contributed by atoms with E-state index < -0.39 is 0 Å². The van der Waals surface area contributed by atoms with E-state index in [-0.39, 0.29) is 5.91 Å². The molecule has 27 heavy (non-hydrogen) atoms. The highest BCUT2D eigenvalue weighted by Gasteiger charge is 2.23. The van der Waals surface area contributed by atoms with Crippen LogP contribution in [0.2, 0.25) is 0 Å². The second-order valence-electron chi connectivity index (χ2n) is 7.97. The van der Waals surface area contributed by atoms with Crippen molar-refractivity contribution >= 4 is 30.6 Å². The molecule has 2 radical (unpaired) electrons. The van der Waals surface area contributed by atoms with E-state index in [9.17, 15) is 4.79 Å². The molecule has 1 amide bonds. The number of piperidine rings is 1. The Hall–Kier alpha value is -2.17. The molecule has 1 saturated heterocycles. The molecule has 0 bridgehead atoms. The average molecular weight is 365 g/mol. The Kier molecular flexibility index (Phi) is 7.58. The molecule has 2 N–H and O–H groups in total. The highest BCUT2D eigenvalue weighted by atomic mass is 16.1. The van der Waals surface area contributed by atoms with Crippen molar-refractivity contribution in [3.05, 3.63) is 42.6 Å². The zero-order valence-corrected chi connectivity index (χ0v) is 17.0. The second kappa shape index (κ2) is 9.68. The molecule has 0 spiro atoms. The topological polar surface area (TPSA) is 44.4 Å². The second-order valence-corrected chi connectivity index (χ2v) is 7.97. The predicted octanol–water partition coefficient (Wildman–Crippen LogP) is 3.27. The standard InChI is InChI=1S/C22H32BN3O/c1-15(2)11-19-7-6-10-26(14-19)17(4)21-12-20(23)8-9-22(21)25-16(3)13-24-18(5)27/h8-9,12,15,19,25H,3-4,6-7,10-11,13-14H2,1-2,5H3,(H,24,27). The van der Waals surface area contributed by atoms with Crippen LogP contribution in [0.15, 0.2) is 37.1 Å². The van der Waals surface area contributed by atoms with Crippen LogP contribution in [0.1, 0.15) is 45.6 Å². The summed E-state index contributed by atoms with van der Waals surface area (Å²) in [5, 5.41) is 6.06. The first kappa shape index (κ1) is 21.1. The maximum Gasteiger partial charge on any atom is 0.217 e. The van der Waals surface area contributed by atoms with Crippen LogP contribution in [0.4, 0.5) is 5.69 Å². The van der Waals surface area contributed by atoms with Crippen molar-refractivity contribution in [3.8, 4) is 0 Å². The fraction of sp³-hybridized carbons (Fsp3) is 0.500. The van der Waals surface area contributed by atoms with Crippen LogP contribution in [-0.2, 0) is 4.79 Å². The highest BCUT2D eigenvalue weighted by molar-refractivity contribution is 6.32. The van der Waals surface area contributed by atoms with E-state index in [2.05, 4.69) is 42.5 Å². The molecular formula is C22H32BN3O. The zero-order chi connectivity index (χ0) is 20.0. The summed E-state index contributed by atoms with van der Waals surface area (Å²) >= 11 is 0. The number of likely N-dealkylation sites (tertiary alicyclic amines) is 1. The first-order valence-corrected chi connectivity index (χ1v) is 9.79. The number of carbonyl (C=O) groups is 1. The number of anilines is 1. The Labute approximate surface area is 165 Å². The van der Waals surface area contributed by atoms with Crippen molar-refractivity contribution in [3.63, 3.8) is 0 Å². The molecule has 2 rings (SSSR count). The van der Waals surface area contributed by atoms with E-state index in [0.29, 0.717) is 23.8 Å². The van der Waals surface area contributed by atoms with Crippen LogP contribution in [0.25, 0.3) is 5.70 Å². The lowest BCUT2D eigenvalue weighted by Crippen LogP contribution is -2.34. The Morgan fingerprint density at radius 3 is 2.78 bits per heavy atom. The summed E-state index contributed by atoms with van der Waals surface area (Å²) in [6.45, 7) is 16.9. The summed E-state index contributed by atoms with van der Waals surface area (Å²) in [5.41, 5.74) is 4.32. The normalized spacial score (nSPS) is 16.9. The van der Waals surface area contributed by atoms with Gasteiger partial charge in [0, 0.05) is 42.7 Å². The predicted molar refractivity (Wildman–Crippen MR) is 116 cm³/mol. The monoisotopic (exact) mass is 365 g/mol. The molecule has 144 valence electrons. The summed E-state index contributed by atoms with van der Waals surface area (Å²) in [4.78, 5) is 13.5. The van der Waals surface area contributed by atoms with E-state index >= 15 is 0 Å². The summed E-state index contributed by atoms with van der Waals surface area (Å²) in [5.74, 6) is 1.34. The third-order valence-electron chi connectivity index (χ3n) is 4.92. The van der Waals surface area contributed by atoms with Crippen LogP contribution in [0.5, 0.6) is 0 Å².